The Morgan fingerprint density at radius 3 is 2.71 bits per heavy atom. The van der Waals surface area contributed by atoms with Crippen molar-refractivity contribution in [3.8, 4) is 0 Å². The van der Waals surface area contributed by atoms with E-state index in [1.54, 1.807) is 0 Å². The maximum absolute atomic E-state index is 5.83. The molecular weight excluding hydrogens is 176 g/mol. The van der Waals surface area contributed by atoms with Crippen molar-refractivity contribution >= 4 is 0 Å². The van der Waals surface area contributed by atoms with Crippen LogP contribution in [-0.2, 0) is 4.74 Å². The number of hydrogen-bond donors (Lipinski definition) is 2. The Balaban J connectivity index is 1.91. The van der Waals surface area contributed by atoms with Gasteiger partial charge in [-0.05, 0) is 50.6 Å². The van der Waals surface area contributed by atoms with Gasteiger partial charge in [0.2, 0.25) is 0 Å². The van der Waals surface area contributed by atoms with Crippen LogP contribution in [0.25, 0.3) is 0 Å². The molecule has 2 saturated heterocycles. The van der Waals surface area contributed by atoms with E-state index < -0.39 is 0 Å². The quantitative estimate of drug-likeness (QED) is 0.688. The van der Waals surface area contributed by atoms with Crippen molar-refractivity contribution in [3.63, 3.8) is 0 Å². The van der Waals surface area contributed by atoms with Gasteiger partial charge in [0.15, 0.2) is 0 Å². The maximum Gasteiger partial charge on any atom is 0.0469 e. The normalized spacial score (nSPS) is 35.8. The minimum Gasteiger partial charge on any atom is -0.381 e. The van der Waals surface area contributed by atoms with Crippen molar-refractivity contribution in [1.29, 1.82) is 0 Å². The Hall–Kier alpha value is -0.120. The Bertz CT molecular complexity index is 169. The molecule has 0 bridgehead atoms. The summed E-state index contributed by atoms with van der Waals surface area (Å²) in [5.74, 6) is 1.50. The molecule has 0 aliphatic carbocycles. The zero-order valence-electron chi connectivity index (χ0n) is 8.87. The Morgan fingerprint density at radius 2 is 2.00 bits per heavy atom. The smallest absolute Gasteiger partial charge is 0.0469 e. The van der Waals surface area contributed by atoms with Gasteiger partial charge in [-0.2, -0.15) is 0 Å². The largest absolute Gasteiger partial charge is 0.381 e. The third-order valence-electron chi connectivity index (χ3n) is 3.72. The van der Waals surface area contributed by atoms with Crippen LogP contribution in [0.15, 0.2) is 0 Å². The van der Waals surface area contributed by atoms with Gasteiger partial charge in [0.05, 0.1) is 0 Å². The van der Waals surface area contributed by atoms with E-state index in [-0.39, 0.29) is 0 Å². The van der Waals surface area contributed by atoms with Gasteiger partial charge in [0.1, 0.15) is 0 Å². The fourth-order valence-electron chi connectivity index (χ4n) is 2.87. The third kappa shape index (κ3) is 2.27. The number of nitrogens with one attached hydrogen (secondary N) is 1. The van der Waals surface area contributed by atoms with Gasteiger partial charge in [0, 0.05) is 19.3 Å². The van der Waals surface area contributed by atoms with Gasteiger partial charge in [-0.3, -0.25) is 0 Å². The molecule has 2 atom stereocenters. The Kier molecular flexibility index (Phi) is 3.79. The van der Waals surface area contributed by atoms with E-state index in [0.29, 0.717) is 12.0 Å². The third-order valence-corrected chi connectivity index (χ3v) is 3.72. The molecular formula is C11H22N2O. The second kappa shape index (κ2) is 5.10. The molecule has 2 fully saturated rings. The molecule has 2 aliphatic heterocycles. The maximum atomic E-state index is 5.83. The minimum absolute atomic E-state index is 0.664. The van der Waals surface area contributed by atoms with Gasteiger partial charge >= 0.3 is 0 Å². The van der Waals surface area contributed by atoms with Crippen LogP contribution >= 0.6 is 0 Å². The highest BCUT2D eigenvalue weighted by molar-refractivity contribution is 4.88. The highest BCUT2D eigenvalue weighted by Crippen LogP contribution is 2.27. The molecule has 2 rings (SSSR count). The molecule has 2 aliphatic rings. The van der Waals surface area contributed by atoms with Crippen LogP contribution in [-0.4, -0.2) is 32.3 Å². The van der Waals surface area contributed by atoms with Crippen molar-refractivity contribution in [2.45, 2.75) is 31.7 Å². The van der Waals surface area contributed by atoms with E-state index in [0.717, 1.165) is 25.7 Å². The van der Waals surface area contributed by atoms with Gasteiger partial charge < -0.3 is 15.8 Å². The molecule has 3 nitrogen and oxygen atoms in total. The number of nitrogens with two attached hydrogens (primary N) is 1. The summed E-state index contributed by atoms with van der Waals surface area (Å²) in [4.78, 5) is 0. The second-order valence-electron chi connectivity index (χ2n) is 4.57. The summed E-state index contributed by atoms with van der Waals surface area (Å²) in [7, 11) is 0. The Morgan fingerprint density at radius 1 is 1.21 bits per heavy atom. The van der Waals surface area contributed by atoms with Gasteiger partial charge in [0.25, 0.3) is 0 Å². The molecule has 0 aromatic heterocycles. The lowest BCUT2D eigenvalue weighted by Gasteiger charge is -2.39. The number of hydrogen-bond acceptors (Lipinski definition) is 3. The van der Waals surface area contributed by atoms with Gasteiger partial charge in [-0.15, -0.1) is 0 Å². The van der Waals surface area contributed by atoms with E-state index in [9.17, 15) is 0 Å². The summed E-state index contributed by atoms with van der Waals surface area (Å²) in [6, 6.07) is 0.664. The van der Waals surface area contributed by atoms with E-state index >= 15 is 0 Å². The minimum atomic E-state index is 0.664. The molecule has 0 saturated carbocycles. The average Bonchev–Trinajstić information content (AvgIpc) is 2.30. The predicted molar refractivity (Wildman–Crippen MR) is 57.1 cm³/mol. The highest BCUT2D eigenvalue weighted by atomic mass is 16.5. The van der Waals surface area contributed by atoms with Crippen LogP contribution in [0.1, 0.15) is 25.7 Å². The van der Waals surface area contributed by atoms with E-state index in [2.05, 4.69) is 5.32 Å². The van der Waals surface area contributed by atoms with E-state index in [1.165, 1.54) is 32.2 Å². The first-order chi connectivity index (χ1) is 6.92. The first kappa shape index (κ1) is 10.4. The number of piperidine rings is 1. The lowest BCUT2D eigenvalue weighted by Crippen LogP contribution is -2.50. The molecule has 14 heavy (non-hydrogen) atoms. The molecule has 2 unspecified atom stereocenters. The summed E-state index contributed by atoms with van der Waals surface area (Å²) in [6.45, 7) is 3.91. The first-order valence-corrected chi connectivity index (χ1v) is 5.93. The molecule has 3 N–H and O–H groups in total. The highest BCUT2D eigenvalue weighted by Gasteiger charge is 2.31. The molecule has 0 aromatic carbocycles. The summed E-state index contributed by atoms with van der Waals surface area (Å²) < 4.78 is 5.40. The van der Waals surface area contributed by atoms with Crippen molar-refractivity contribution in [1.82, 2.24) is 5.32 Å². The predicted octanol–water partition coefficient (Wildman–Crippen LogP) is 0.740. The van der Waals surface area contributed by atoms with Crippen LogP contribution in [0.5, 0.6) is 0 Å². The van der Waals surface area contributed by atoms with Crippen molar-refractivity contribution in [3.05, 3.63) is 0 Å². The lowest BCUT2D eigenvalue weighted by atomic mass is 9.79. The zero-order chi connectivity index (χ0) is 9.80. The van der Waals surface area contributed by atoms with Crippen molar-refractivity contribution in [2.24, 2.45) is 17.6 Å². The first-order valence-electron chi connectivity index (χ1n) is 5.93. The second-order valence-corrected chi connectivity index (χ2v) is 4.57. The average molecular weight is 198 g/mol. The Labute approximate surface area is 86.4 Å². The van der Waals surface area contributed by atoms with Crippen LogP contribution in [0.2, 0.25) is 0 Å². The number of rotatable bonds is 2. The number of ether oxygens (including phenoxy) is 1. The fraction of sp³-hybridized carbons (Fsp3) is 1.00. The SMILES string of the molecule is NCC1CCCNC1C1CCOCC1. The molecule has 0 amide bonds. The molecule has 82 valence electrons. The summed E-state index contributed by atoms with van der Waals surface area (Å²) in [6.07, 6.45) is 5.04. The van der Waals surface area contributed by atoms with E-state index in [1.807, 2.05) is 0 Å². The molecule has 0 radical (unpaired) electrons. The van der Waals surface area contributed by atoms with E-state index in [4.69, 9.17) is 10.5 Å². The van der Waals surface area contributed by atoms with Crippen molar-refractivity contribution < 1.29 is 4.74 Å². The fourth-order valence-corrected chi connectivity index (χ4v) is 2.87. The molecule has 0 spiro atoms. The standard InChI is InChI=1S/C11H22N2O/c12-8-10-2-1-5-13-11(10)9-3-6-14-7-4-9/h9-11,13H,1-8,12H2. The van der Waals surface area contributed by atoms with Crippen LogP contribution < -0.4 is 11.1 Å². The van der Waals surface area contributed by atoms with Gasteiger partial charge in [-0.25, -0.2) is 0 Å². The summed E-state index contributed by atoms with van der Waals surface area (Å²) in [5, 5.41) is 3.65. The summed E-state index contributed by atoms with van der Waals surface area (Å²) in [5.41, 5.74) is 5.83. The van der Waals surface area contributed by atoms with Crippen LogP contribution in [0, 0.1) is 11.8 Å². The summed E-state index contributed by atoms with van der Waals surface area (Å²) >= 11 is 0. The van der Waals surface area contributed by atoms with Crippen LogP contribution in [0.3, 0.4) is 0 Å². The molecule has 3 heteroatoms. The molecule has 0 aromatic rings. The van der Waals surface area contributed by atoms with Gasteiger partial charge in [-0.1, -0.05) is 0 Å². The van der Waals surface area contributed by atoms with Crippen molar-refractivity contribution in [2.75, 3.05) is 26.3 Å². The topological polar surface area (TPSA) is 47.3 Å². The monoisotopic (exact) mass is 198 g/mol. The lowest BCUT2D eigenvalue weighted by molar-refractivity contribution is 0.0400. The van der Waals surface area contributed by atoms with Crippen LogP contribution in [0.4, 0.5) is 0 Å². The zero-order valence-corrected chi connectivity index (χ0v) is 8.87. The molecule has 2 heterocycles.